The molecule has 0 amide bonds. The second-order valence-corrected chi connectivity index (χ2v) is 8.53. The minimum absolute atomic E-state index is 0.0221. The van der Waals surface area contributed by atoms with Crippen LogP contribution in [0.15, 0.2) is 24.3 Å². The highest BCUT2D eigenvalue weighted by molar-refractivity contribution is 5.24. The van der Waals surface area contributed by atoms with Crippen molar-refractivity contribution in [1.29, 1.82) is 0 Å². The maximum Gasteiger partial charge on any atom is 0.0939 e. The van der Waals surface area contributed by atoms with Crippen molar-refractivity contribution in [2.75, 3.05) is 6.54 Å². The highest BCUT2D eigenvalue weighted by atomic mass is 16.7. The van der Waals surface area contributed by atoms with Crippen molar-refractivity contribution in [2.24, 2.45) is 0 Å². The van der Waals surface area contributed by atoms with Gasteiger partial charge in [-0.1, -0.05) is 37.6 Å². The second kappa shape index (κ2) is 7.99. The van der Waals surface area contributed by atoms with E-state index in [0.717, 1.165) is 19.4 Å². The van der Waals surface area contributed by atoms with Crippen molar-refractivity contribution in [1.82, 2.24) is 10.4 Å². The first-order valence-corrected chi connectivity index (χ1v) is 9.47. The monoisotopic (exact) mass is 332 g/mol. The van der Waals surface area contributed by atoms with Crippen molar-refractivity contribution in [3.63, 3.8) is 0 Å². The van der Waals surface area contributed by atoms with E-state index in [2.05, 4.69) is 76.2 Å². The molecule has 2 rings (SSSR count). The first-order valence-electron chi connectivity index (χ1n) is 9.47. The van der Waals surface area contributed by atoms with Crippen molar-refractivity contribution in [3.05, 3.63) is 35.4 Å². The van der Waals surface area contributed by atoms with Gasteiger partial charge in [0.05, 0.1) is 6.61 Å². The van der Waals surface area contributed by atoms with E-state index in [1.165, 1.54) is 24.0 Å². The molecule has 1 saturated heterocycles. The Labute approximate surface area is 148 Å². The Hall–Kier alpha value is -0.900. The number of nitrogens with zero attached hydrogens (tertiary/aromatic N) is 1. The normalized spacial score (nSPS) is 21.1. The summed E-state index contributed by atoms with van der Waals surface area (Å²) in [4.78, 5) is 6.36. The van der Waals surface area contributed by atoms with Gasteiger partial charge in [0.15, 0.2) is 0 Å². The summed E-state index contributed by atoms with van der Waals surface area (Å²) in [5, 5.41) is 6.01. The molecule has 3 heteroatoms. The van der Waals surface area contributed by atoms with E-state index in [9.17, 15) is 0 Å². The molecule has 0 spiro atoms. The van der Waals surface area contributed by atoms with E-state index < -0.39 is 0 Å². The van der Waals surface area contributed by atoms with Crippen LogP contribution in [0, 0.1) is 6.92 Å². The van der Waals surface area contributed by atoms with Crippen LogP contribution in [0.5, 0.6) is 0 Å². The average Bonchev–Trinajstić information content (AvgIpc) is 2.47. The zero-order chi connectivity index (χ0) is 17.8. The molecule has 1 aromatic carbocycles. The fourth-order valence-electron chi connectivity index (χ4n) is 4.15. The number of benzene rings is 1. The lowest BCUT2D eigenvalue weighted by atomic mass is 9.79. The zero-order valence-electron chi connectivity index (χ0n) is 16.5. The predicted molar refractivity (Wildman–Crippen MR) is 102 cm³/mol. The van der Waals surface area contributed by atoms with Crippen molar-refractivity contribution >= 4 is 0 Å². The first kappa shape index (κ1) is 19.4. The fourth-order valence-corrected chi connectivity index (χ4v) is 4.15. The van der Waals surface area contributed by atoms with Crippen LogP contribution in [-0.2, 0) is 11.4 Å². The van der Waals surface area contributed by atoms with Crippen LogP contribution in [0.25, 0.3) is 0 Å². The highest BCUT2D eigenvalue weighted by Gasteiger charge is 2.46. The number of piperidine rings is 1. The van der Waals surface area contributed by atoms with Crippen LogP contribution in [0.2, 0.25) is 0 Å². The van der Waals surface area contributed by atoms with Gasteiger partial charge in [-0.05, 0) is 71.6 Å². The molecule has 0 atom stereocenters. The first-order chi connectivity index (χ1) is 11.3. The lowest BCUT2D eigenvalue weighted by Crippen LogP contribution is -2.63. The van der Waals surface area contributed by atoms with E-state index in [1.807, 2.05) is 0 Å². The van der Waals surface area contributed by atoms with Crippen LogP contribution in [0.1, 0.15) is 71.4 Å². The third-order valence-electron chi connectivity index (χ3n) is 5.17. The minimum atomic E-state index is 0.0221. The van der Waals surface area contributed by atoms with Gasteiger partial charge in [0.25, 0.3) is 0 Å². The van der Waals surface area contributed by atoms with Gasteiger partial charge in [0.2, 0.25) is 0 Å². The lowest BCUT2D eigenvalue weighted by Gasteiger charge is -2.54. The third kappa shape index (κ3) is 4.81. The number of unbranched alkanes of at least 4 members (excludes halogenated alkanes) is 1. The molecule has 1 heterocycles. The summed E-state index contributed by atoms with van der Waals surface area (Å²) in [6, 6.07) is 9.05. The zero-order valence-corrected chi connectivity index (χ0v) is 16.5. The van der Waals surface area contributed by atoms with Crippen molar-refractivity contribution < 1.29 is 4.84 Å². The quantitative estimate of drug-likeness (QED) is 0.723. The van der Waals surface area contributed by atoms with E-state index in [-0.39, 0.29) is 11.1 Å². The third-order valence-corrected chi connectivity index (χ3v) is 5.17. The van der Waals surface area contributed by atoms with E-state index >= 15 is 0 Å². The van der Waals surface area contributed by atoms with E-state index in [4.69, 9.17) is 4.84 Å². The topological polar surface area (TPSA) is 24.5 Å². The Morgan fingerprint density at radius 3 is 2.33 bits per heavy atom. The summed E-state index contributed by atoms with van der Waals surface area (Å²) in [5.74, 6) is 0. The lowest BCUT2D eigenvalue weighted by molar-refractivity contribution is -0.291. The van der Waals surface area contributed by atoms with E-state index in [1.54, 1.807) is 0 Å². The molecule has 0 saturated carbocycles. The Bertz CT molecular complexity index is 506. The summed E-state index contributed by atoms with van der Waals surface area (Å²) < 4.78 is 0. The van der Waals surface area contributed by atoms with Gasteiger partial charge in [-0.3, -0.25) is 4.84 Å². The number of hydrogen-bond donors (Lipinski definition) is 1. The van der Waals surface area contributed by atoms with E-state index in [0.29, 0.717) is 12.6 Å². The average molecular weight is 333 g/mol. The van der Waals surface area contributed by atoms with Gasteiger partial charge in [-0.25, -0.2) is 0 Å². The Kier molecular flexibility index (Phi) is 6.46. The Balaban J connectivity index is 2.03. The molecular formula is C21H36N2O. The van der Waals surface area contributed by atoms with Crippen molar-refractivity contribution in [2.45, 2.75) is 91.0 Å². The molecule has 24 heavy (non-hydrogen) atoms. The molecule has 1 aromatic rings. The number of hydrogen-bond acceptors (Lipinski definition) is 3. The summed E-state index contributed by atoms with van der Waals surface area (Å²) >= 11 is 0. The van der Waals surface area contributed by atoms with Crippen LogP contribution in [-0.4, -0.2) is 28.7 Å². The molecule has 1 fully saturated rings. The minimum Gasteiger partial charge on any atom is -0.314 e. The van der Waals surface area contributed by atoms with Gasteiger partial charge in [-0.2, -0.15) is 5.06 Å². The molecule has 136 valence electrons. The molecule has 1 aliphatic heterocycles. The van der Waals surface area contributed by atoms with Crippen LogP contribution >= 0.6 is 0 Å². The summed E-state index contributed by atoms with van der Waals surface area (Å²) in [7, 11) is 0. The molecule has 1 N–H and O–H groups in total. The summed E-state index contributed by atoms with van der Waals surface area (Å²) in [6.07, 6.45) is 4.74. The number of rotatable bonds is 7. The van der Waals surface area contributed by atoms with Gasteiger partial charge >= 0.3 is 0 Å². The summed E-state index contributed by atoms with van der Waals surface area (Å²) in [5.41, 5.74) is 2.61. The maximum absolute atomic E-state index is 6.36. The van der Waals surface area contributed by atoms with Gasteiger partial charge in [0.1, 0.15) is 0 Å². The maximum atomic E-state index is 6.36. The molecular weight excluding hydrogens is 296 g/mol. The highest BCUT2D eigenvalue weighted by Crippen LogP contribution is 2.39. The molecule has 0 bridgehead atoms. The van der Waals surface area contributed by atoms with Gasteiger partial charge < -0.3 is 5.32 Å². The molecule has 0 aromatic heterocycles. The number of aryl methyl sites for hydroxylation is 1. The number of nitrogens with one attached hydrogen (secondary N) is 1. The molecule has 1 aliphatic rings. The van der Waals surface area contributed by atoms with Crippen molar-refractivity contribution in [3.8, 4) is 0 Å². The van der Waals surface area contributed by atoms with Crippen LogP contribution in [0.3, 0.4) is 0 Å². The Morgan fingerprint density at radius 2 is 1.75 bits per heavy atom. The smallest absolute Gasteiger partial charge is 0.0939 e. The number of hydroxylamine groups is 2. The van der Waals surface area contributed by atoms with Gasteiger partial charge in [0, 0.05) is 17.1 Å². The predicted octanol–water partition coefficient (Wildman–Crippen LogP) is 4.84. The molecule has 0 radical (unpaired) electrons. The molecule has 3 nitrogen and oxygen atoms in total. The fraction of sp³-hybridized carbons (Fsp3) is 0.714. The second-order valence-electron chi connectivity index (χ2n) is 8.53. The van der Waals surface area contributed by atoms with Gasteiger partial charge in [-0.15, -0.1) is 0 Å². The summed E-state index contributed by atoms with van der Waals surface area (Å²) in [6.45, 7) is 15.4. The largest absolute Gasteiger partial charge is 0.314 e. The standard InChI is InChI=1S/C21H36N2O/c1-7-8-13-22-19-14-20(3,4)23(21(5,6)15-19)24-16-18-12-10-9-11-17(18)2/h9-12,19,22H,7-8,13-16H2,1-6H3. The van der Waals surface area contributed by atoms with Crippen LogP contribution in [0.4, 0.5) is 0 Å². The Morgan fingerprint density at radius 1 is 1.12 bits per heavy atom. The molecule has 0 aliphatic carbocycles. The molecule has 0 unspecified atom stereocenters. The van der Waals surface area contributed by atoms with Crippen LogP contribution < -0.4 is 5.32 Å². The SMILES string of the molecule is CCCCNC1CC(C)(C)N(OCc2ccccc2C)C(C)(C)C1.